The van der Waals surface area contributed by atoms with Gasteiger partial charge in [0.1, 0.15) is 5.56 Å². The summed E-state index contributed by atoms with van der Waals surface area (Å²) in [6.45, 7) is 3.95. The molecule has 0 unspecified atom stereocenters. The molecular formula is C16H12ClN3O3S. The first-order valence-electron chi connectivity index (χ1n) is 6.99. The lowest BCUT2D eigenvalue weighted by atomic mass is 10.1. The second-order valence-electron chi connectivity index (χ2n) is 5.25. The summed E-state index contributed by atoms with van der Waals surface area (Å²) in [6.07, 6.45) is 0. The number of anilines is 1. The Labute approximate surface area is 146 Å². The zero-order chi connectivity index (χ0) is 17.4. The average Bonchev–Trinajstić information content (AvgIpc) is 2.94. The van der Waals surface area contributed by atoms with Crippen LogP contribution < -0.4 is 5.32 Å². The fraction of sp³-hybridized carbons (Fsp3) is 0.125. The topological polar surface area (TPSA) is 85.1 Å². The number of carbonyl (C=O) groups excluding carboxylic acids is 1. The second-order valence-corrected chi connectivity index (χ2v) is 6.71. The van der Waals surface area contributed by atoms with Crippen LogP contribution in [-0.2, 0) is 0 Å². The molecule has 6 nitrogen and oxygen atoms in total. The Balaban J connectivity index is 1.96. The Morgan fingerprint density at radius 1 is 1.29 bits per heavy atom. The summed E-state index contributed by atoms with van der Waals surface area (Å²) in [7, 11) is 0. The fourth-order valence-electron chi connectivity index (χ4n) is 2.29. The highest BCUT2D eigenvalue weighted by atomic mass is 35.5. The highest BCUT2D eigenvalue weighted by Gasteiger charge is 2.21. The summed E-state index contributed by atoms with van der Waals surface area (Å²) in [5.74, 6) is -0.591. The van der Waals surface area contributed by atoms with Gasteiger partial charge < -0.3 is 0 Å². The number of rotatable bonds is 3. The third kappa shape index (κ3) is 2.95. The van der Waals surface area contributed by atoms with Gasteiger partial charge in [0.05, 0.1) is 15.1 Å². The zero-order valence-electron chi connectivity index (χ0n) is 12.8. The van der Waals surface area contributed by atoms with Gasteiger partial charge in [-0.1, -0.05) is 29.0 Å². The molecule has 1 amide bonds. The van der Waals surface area contributed by atoms with Crippen LogP contribution in [0, 0.1) is 24.0 Å². The van der Waals surface area contributed by atoms with Crippen LogP contribution in [0.4, 0.5) is 10.8 Å². The molecule has 0 radical (unpaired) electrons. The Hall–Kier alpha value is -2.51. The van der Waals surface area contributed by atoms with E-state index in [-0.39, 0.29) is 16.3 Å². The van der Waals surface area contributed by atoms with Crippen LogP contribution in [0.3, 0.4) is 0 Å². The molecule has 0 bridgehead atoms. The van der Waals surface area contributed by atoms with Crippen LogP contribution in [0.2, 0.25) is 5.02 Å². The smallest absolute Gasteiger partial charge is 0.283 e. The third-order valence-electron chi connectivity index (χ3n) is 3.71. The van der Waals surface area contributed by atoms with Crippen LogP contribution in [0.15, 0.2) is 30.3 Å². The molecule has 1 heterocycles. The van der Waals surface area contributed by atoms with Crippen molar-refractivity contribution in [1.29, 1.82) is 0 Å². The fourth-order valence-corrected chi connectivity index (χ4v) is 3.38. The minimum absolute atomic E-state index is 0.0587. The molecule has 0 saturated heterocycles. The van der Waals surface area contributed by atoms with Gasteiger partial charge in [0.25, 0.3) is 11.6 Å². The SMILES string of the molecule is Cc1ccc2sc(NC(=O)c3ccc(Cl)cc3[N+](=O)[O-])nc2c1C. The van der Waals surface area contributed by atoms with Crippen molar-refractivity contribution in [1.82, 2.24) is 4.98 Å². The van der Waals surface area contributed by atoms with E-state index < -0.39 is 10.8 Å². The van der Waals surface area contributed by atoms with Crippen molar-refractivity contribution in [3.63, 3.8) is 0 Å². The number of fused-ring (bicyclic) bond motifs is 1. The quantitative estimate of drug-likeness (QED) is 0.540. The van der Waals surface area contributed by atoms with E-state index >= 15 is 0 Å². The van der Waals surface area contributed by atoms with Crippen molar-refractivity contribution in [3.8, 4) is 0 Å². The van der Waals surface area contributed by atoms with Gasteiger partial charge in [0.15, 0.2) is 5.13 Å². The molecule has 0 aliphatic carbocycles. The molecule has 1 N–H and O–H groups in total. The van der Waals surface area contributed by atoms with Crippen LogP contribution in [0.1, 0.15) is 21.5 Å². The average molecular weight is 362 g/mol. The number of halogens is 1. The summed E-state index contributed by atoms with van der Waals surface area (Å²) < 4.78 is 0.944. The molecule has 0 spiro atoms. The second kappa shape index (κ2) is 6.18. The van der Waals surface area contributed by atoms with E-state index in [0.717, 1.165) is 27.4 Å². The molecule has 0 aliphatic heterocycles. The number of benzene rings is 2. The van der Waals surface area contributed by atoms with Gasteiger partial charge in [-0.2, -0.15) is 0 Å². The van der Waals surface area contributed by atoms with Crippen molar-refractivity contribution < 1.29 is 9.72 Å². The number of nitro benzene ring substituents is 1. The molecule has 1 aromatic heterocycles. The van der Waals surface area contributed by atoms with Crippen LogP contribution in [0.25, 0.3) is 10.2 Å². The molecule has 2 aromatic carbocycles. The normalized spacial score (nSPS) is 10.8. The van der Waals surface area contributed by atoms with Crippen molar-refractivity contribution in [3.05, 3.63) is 62.2 Å². The van der Waals surface area contributed by atoms with Gasteiger partial charge >= 0.3 is 0 Å². The van der Waals surface area contributed by atoms with E-state index in [1.807, 2.05) is 26.0 Å². The summed E-state index contributed by atoms with van der Waals surface area (Å²) in [5, 5.41) is 14.3. The first kappa shape index (κ1) is 16.4. The number of hydrogen-bond acceptors (Lipinski definition) is 5. The van der Waals surface area contributed by atoms with Gasteiger partial charge in [-0.05, 0) is 43.2 Å². The van der Waals surface area contributed by atoms with Crippen molar-refractivity contribution in [2.24, 2.45) is 0 Å². The predicted molar refractivity (Wildman–Crippen MR) is 95.2 cm³/mol. The summed E-state index contributed by atoms with van der Waals surface area (Å²) in [6, 6.07) is 7.86. The summed E-state index contributed by atoms with van der Waals surface area (Å²) in [4.78, 5) is 27.3. The van der Waals surface area contributed by atoms with E-state index in [1.54, 1.807) is 0 Å². The number of nitro groups is 1. The molecule has 8 heteroatoms. The van der Waals surface area contributed by atoms with Crippen LogP contribution in [-0.4, -0.2) is 15.8 Å². The third-order valence-corrected chi connectivity index (χ3v) is 4.88. The molecule has 0 atom stereocenters. The van der Waals surface area contributed by atoms with Gasteiger partial charge in [0.2, 0.25) is 0 Å². The van der Waals surface area contributed by atoms with Crippen LogP contribution in [0.5, 0.6) is 0 Å². The van der Waals surface area contributed by atoms with E-state index in [0.29, 0.717) is 5.13 Å². The number of aryl methyl sites for hydroxylation is 2. The number of amides is 1. The standard InChI is InChI=1S/C16H12ClN3O3S/c1-8-3-6-13-14(9(8)2)18-16(24-13)19-15(21)11-5-4-10(17)7-12(11)20(22)23/h3-7H,1-2H3,(H,18,19,21). The Morgan fingerprint density at radius 2 is 2.04 bits per heavy atom. The maximum atomic E-state index is 12.4. The van der Waals surface area contributed by atoms with E-state index in [4.69, 9.17) is 11.6 Å². The predicted octanol–water partition coefficient (Wildman–Crippen LogP) is 4.73. The lowest BCUT2D eigenvalue weighted by Gasteiger charge is -2.03. The number of aromatic nitrogens is 1. The minimum Gasteiger partial charge on any atom is -0.298 e. The van der Waals surface area contributed by atoms with E-state index in [1.165, 1.54) is 23.5 Å². The molecule has 0 fully saturated rings. The lowest BCUT2D eigenvalue weighted by molar-refractivity contribution is -0.385. The molecular weight excluding hydrogens is 350 g/mol. The first-order valence-corrected chi connectivity index (χ1v) is 8.18. The van der Waals surface area contributed by atoms with E-state index in [2.05, 4.69) is 10.3 Å². The minimum atomic E-state index is -0.632. The highest BCUT2D eigenvalue weighted by Crippen LogP contribution is 2.30. The largest absolute Gasteiger partial charge is 0.298 e. The monoisotopic (exact) mass is 361 g/mol. The Morgan fingerprint density at radius 3 is 2.75 bits per heavy atom. The summed E-state index contributed by atoms with van der Waals surface area (Å²) >= 11 is 7.09. The molecule has 0 saturated carbocycles. The Kier molecular flexibility index (Phi) is 4.21. The highest BCUT2D eigenvalue weighted by molar-refractivity contribution is 7.22. The Bertz CT molecular complexity index is 984. The molecule has 122 valence electrons. The van der Waals surface area contributed by atoms with Gasteiger partial charge in [-0.3, -0.25) is 20.2 Å². The van der Waals surface area contributed by atoms with Gasteiger partial charge in [-0.25, -0.2) is 4.98 Å². The van der Waals surface area contributed by atoms with Crippen molar-refractivity contribution in [2.75, 3.05) is 5.32 Å². The number of thiazole rings is 1. The molecule has 0 aliphatic rings. The van der Waals surface area contributed by atoms with Crippen molar-refractivity contribution >= 4 is 49.9 Å². The van der Waals surface area contributed by atoms with Crippen LogP contribution >= 0.6 is 22.9 Å². The van der Waals surface area contributed by atoms with Gasteiger partial charge in [0, 0.05) is 11.1 Å². The number of hydrogen-bond donors (Lipinski definition) is 1. The van der Waals surface area contributed by atoms with E-state index in [9.17, 15) is 14.9 Å². The summed E-state index contributed by atoms with van der Waals surface area (Å²) in [5.41, 5.74) is 2.58. The van der Waals surface area contributed by atoms with Crippen molar-refractivity contribution in [2.45, 2.75) is 13.8 Å². The number of nitrogens with one attached hydrogen (secondary N) is 1. The molecule has 3 rings (SSSR count). The first-order chi connectivity index (χ1) is 11.4. The maximum absolute atomic E-state index is 12.4. The molecule has 24 heavy (non-hydrogen) atoms. The maximum Gasteiger partial charge on any atom is 0.283 e. The number of carbonyl (C=O) groups is 1. The lowest BCUT2D eigenvalue weighted by Crippen LogP contribution is -2.13. The number of nitrogens with zero attached hydrogens (tertiary/aromatic N) is 2. The molecule has 3 aromatic rings. The van der Waals surface area contributed by atoms with Gasteiger partial charge in [-0.15, -0.1) is 0 Å². The zero-order valence-corrected chi connectivity index (χ0v) is 14.4.